The number of rotatable bonds is 9. The molecule has 0 radical (unpaired) electrons. The summed E-state index contributed by atoms with van der Waals surface area (Å²) in [4.78, 5) is 39.3. The van der Waals surface area contributed by atoms with Gasteiger partial charge in [-0.25, -0.2) is 19.2 Å². The number of hydrogen-bond acceptors (Lipinski definition) is 8. The van der Waals surface area contributed by atoms with E-state index in [2.05, 4.69) is 25.6 Å². The number of carbonyl (C=O) groups excluding carboxylic acids is 1. The predicted molar refractivity (Wildman–Crippen MR) is 169 cm³/mol. The van der Waals surface area contributed by atoms with Crippen LogP contribution in [0.15, 0.2) is 35.4 Å². The molecule has 0 atom stereocenters. The maximum atomic E-state index is 14.9. The number of ether oxygens (including phenoxy) is 1. The molecule has 0 saturated carbocycles. The van der Waals surface area contributed by atoms with Crippen molar-refractivity contribution in [2.45, 2.75) is 26.6 Å². The van der Waals surface area contributed by atoms with Crippen molar-refractivity contribution in [2.24, 2.45) is 0 Å². The second-order valence-corrected chi connectivity index (χ2v) is 9.61. The number of nitrogens with zero attached hydrogens (tertiary/aromatic N) is 4. The quantitative estimate of drug-likeness (QED) is 0.236. The lowest BCUT2D eigenvalue weighted by atomic mass is 10.0. The van der Waals surface area contributed by atoms with E-state index in [1.807, 2.05) is 4.90 Å². The highest BCUT2D eigenvalue weighted by Crippen LogP contribution is 2.36. The van der Waals surface area contributed by atoms with Gasteiger partial charge in [0.15, 0.2) is 11.6 Å². The molecule has 250 valence electrons. The number of nitrogens with one attached hydrogen (secondary N) is 3. The summed E-state index contributed by atoms with van der Waals surface area (Å²) in [6.45, 7) is 6.03. The van der Waals surface area contributed by atoms with E-state index in [1.54, 1.807) is 18.7 Å². The Kier molecular flexibility index (Phi) is 15.5. The Morgan fingerprint density at radius 1 is 1.07 bits per heavy atom. The molecule has 0 spiro atoms. The maximum Gasteiger partial charge on any atom is 0.416 e. The third-order valence-electron chi connectivity index (χ3n) is 6.68. The molecule has 1 aromatic carbocycles. The molecule has 2 amide bonds. The van der Waals surface area contributed by atoms with Crippen LogP contribution in [0.4, 0.5) is 33.7 Å². The van der Waals surface area contributed by atoms with Gasteiger partial charge in [-0.1, -0.05) is 0 Å². The number of benzene rings is 1. The van der Waals surface area contributed by atoms with Crippen LogP contribution >= 0.6 is 37.2 Å². The molecule has 4 rings (SSSR count). The minimum Gasteiger partial charge on any atom is -0.488 e. The Bertz CT molecular complexity index is 1490. The van der Waals surface area contributed by atoms with Gasteiger partial charge in [-0.15, -0.1) is 37.2 Å². The van der Waals surface area contributed by atoms with E-state index in [-0.39, 0.29) is 79.8 Å². The summed E-state index contributed by atoms with van der Waals surface area (Å²) in [6, 6.07) is 1.86. The highest BCUT2D eigenvalue weighted by molar-refractivity contribution is 6.00. The van der Waals surface area contributed by atoms with Gasteiger partial charge < -0.3 is 25.5 Å². The summed E-state index contributed by atoms with van der Waals surface area (Å²) in [7, 11) is 0. The Hall–Kier alpha value is -3.21. The fourth-order valence-electron chi connectivity index (χ4n) is 4.52. The second-order valence-electron chi connectivity index (χ2n) is 9.61. The van der Waals surface area contributed by atoms with Crippen LogP contribution in [-0.2, 0) is 12.7 Å². The zero-order valence-electron chi connectivity index (χ0n) is 24.2. The molecule has 1 aliphatic rings. The molecule has 0 unspecified atom stereocenters. The molecule has 1 saturated heterocycles. The first-order valence-electron chi connectivity index (χ1n) is 13.2. The van der Waals surface area contributed by atoms with Gasteiger partial charge in [-0.05, 0) is 37.6 Å². The minimum absolute atomic E-state index is 0. The monoisotopic (exact) mass is 701 g/mol. The molecule has 2 aromatic heterocycles. The first kappa shape index (κ1) is 39.8. The Morgan fingerprint density at radius 3 is 2.31 bits per heavy atom. The SMILES string of the molecule is CCOc1cc(-c2ncc(NC(=O)Nc3cc(C(F)(F)F)c(CN4CCN(CCO)CC4)cc3F)c(C)n2)c[nH]c1=O.Cl.Cl.Cl. The van der Waals surface area contributed by atoms with Crippen LogP contribution in [0.2, 0.25) is 0 Å². The standard InChI is InChI=1S/C27H31F4N7O4.3ClH/c1-3-42-23-11-17(13-33-25(23)40)24-32-14-22(16(2)34-24)36-26(41)35-21-12-19(27(29,30)31)18(10-20(21)28)15-38-6-4-37(5-7-38)8-9-39;;;/h10-14,39H,3-9,15H2,1-2H3,(H,33,40)(H2,35,36,41);3*1H. The first-order valence-corrected chi connectivity index (χ1v) is 13.2. The van der Waals surface area contributed by atoms with Gasteiger partial charge in [0.2, 0.25) is 0 Å². The van der Waals surface area contributed by atoms with Crippen LogP contribution in [0, 0.1) is 12.7 Å². The number of aliphatic hydroxyl groups is 1. The number of halogens is 7. The first-order chi connectivity index (χ1) is 20.0. The van der Waals surface area contributed by atoms with Crippen LogP contribution in [0.25, 0.3) is 11.4 Å². The number of piperazine rings is 1. The van der Waals surface area contributed by atoms with Gasteiger partial charge in [-0.2, -0.15) is 13.2 Å². The van der Waals surface area contributed by atoms with E-state index in [4.69, 9.17) is 9.84 Å². The number of aliphatic hydroxyl groups excluding tert-OH is 1. The summed E-state index contributed by atoms with van der Waals surface area (Å²) in [5.41, 5.74) is -1.44. The van der Waals surface area contributed by atoms with Gasteiger partial charge in [0.25, 0.3) is 5.56 Å². The van der Waals surface area contributed by atoms with Crippen LogP contribution in [0.1, 0.15) is 23.7 Å². The fourth-order valence-corrected chi connectivity index (χ4v) is 4.52. The van der Waals surface area contributed by atoms with Gasteiger partial charge in [-0.3, -0.25) is 14.6 Å². The maximum absolute atomic E-state index is 14.9. The lowest BCUT2D eigenvalue weighted by Gasteiger charge is -2.34. The van der Waals surface area contributed by atoms with Crippen molar-refractivity contribution in [3.05, 3.63) is 63.6 Å². The minimum atomic E-state index is -4.78. The lowest BCUT2D eigenvalue weighted by molar-refractivity contribution is -0.138. The average molecular weight is 703 g/mol. The number of hydrogen-bond donors (Lipinski definition) is 4. The fraction of sp³-hybridized carbons (Fsp3) is 0.407. The molecule has 0 aliphatic carbocycles. The van der Waals surface area contributed by atoms with Crippen LogP contribution in [0.5, 0.6) is 5.75 Å². The lowest BCUT2D eigenvalue weighted by Crippen LogP contribution is -2.46. The number of amides is 2. The van der Waals surface area contributed by atoms with Crippen molar-refractivity contribution in [1.29, 1.82) is 0 Å². The molecule has 18 heteroatoms. The number of carbonyl (C=O) groups is 1. The Labute approximate surface area is 275 Å². The summed E-state index contributed by atoms with van der Waals surface area (Å²) < 4.78 is 62.0. The normalized spacial score (nSPS) is 13.6. The number of urea groups is 1. The zero-order valence-corrected chi connectivity index (χ0v) is 26.7. The van der Waals surface area contributed by atoms with Crippen molar-refractivity contribution in [1.82, 2.24) is 24.8 Å². The molecular formula is C27H34Cl3F4N7O4. The van der Waals surface area contributed by atoms with Crippen LogP contribution in [0.3, 0.4) is 0 Å². The molecule has 45 heavy (non-hydrogen) atoms. The molecule has 1 fully saturated rings. The predicted octanol–water partition coefficient (Wildman–Crippen LogP) is 4.72. The van der Waals surface area contributed by atoms with Crippen LogP contribution in [-0.4, -0.2) is 81.8 Å². The topological polar surface area (TPSA) is 136 Å². The number of aromatic nitrogens is 3. The molecule has 11 nitrogen and oxygen atoms in total. The summed E-state index contributed by atoms with van der Waals surface area (Å²) in [6.07, 6.45) is -2.09. The van der Waals surface area contributed by atoms with Crippen molar-refractivity contribution in [2.75, 3.05) is 56.6 Å². The zero-order chi connectivity index (χ0) is 30.4. The van der Waals surface area contributed by atoms with Gasteiger partial charge >= 0.3 is 12.2 Å². The number of H-pyrrole nitrogens is 1. The molecular weight excluding hydrogens is 669 g/mol. The highest BCUT2D eigenvalue weighted by atomic mass is 35.5. The average Bonchev–Trinajstić information content (AvgIpc) is 2.93. The smallest absolute Gasteiger partial charge is 0.416 e. The summed E-state index contributed by atoms with van der Waals surface area (Å²) in [5.74, 6) is -0.704. The van der Waals surface area contributed by atoms with E-state index in [1.165, 1.54) is 18.5 Å². The molecule has 3 aromatic rings. The third kappa shape index (κ3) is 10.4. The number of anilines is 2. The third-order valence-corrected chi connectivity index (χ3v) is 6.68. The van der Waals surface area contributed by atoms with E-state index in [9.17, 15) is 27.2 Å². The van der Waals surface area contributed by atoms with Crippen molar-refractivity contribution < 1.29 is 32.2 Å². The second kappa shape index (κ2) is 17.5. The van der Waals surface area contributed by atoms with Crippen molar-refractivity contribution in [3.63, 3.8) is 0 Å². The summed E-state index contributed by atoms with van der Waals surface area (Å²) in [5, 5.41) is 13.6. The van der Waals surface area contributed by atoms with E-state index in [0.717, 1.165) is 6.07 Å². The van der Waals surface area contributed by atoms with Gasteiger partial charge in [0.05, 0.1) is 42.0 Å². The Morgan fingerprint density at radius 2 is 1.71 bits per heavy atom. The largest absolute Gasteiger partial charge is 0.488 e. The molecule has 4 N–H and O–H groups in total. The van der Waals surface area contributed by atoms with Gasteiger partial charge in [0, 0.05) is 51.0 Å². The molecule has 1 aliphatic heterocycles. The number of aromatic amines is 1. The van der Waals surface area contributed by atoms with E-state index in [0.29, 0.717) is 50.0 Å². The molecule has 3 heterocycles. The van der Waals surface area contributed by atoms with Crippen molar-refractivity contribution in [3.8, 4) is 17.1 Å². The van der Waals surface area contributed by atoms with Crippen LogP contribution < -0.4 is 20.9 Å². The molecule has 0 bridgehead atoms. The number of pyridine rings is 1. The Balaban J connectivity index is 0.00000337. The number of aryl methyl sites for hydroxylation is 1. The summed E-state index contributed by atoms with van der Waals surface area (Å²) >= 11 is 0. The van der Waals surface area contributed by atoms with Crippen molar-refractivity contribution >= 4 is 54.6 Å². The van der Waals surface area contributed by atoms with Gasteiger partial charge in [0.1, 0.15) is 5.82 Å². The van der Waals surface area contributed by atoms with E-state index >= 15 is 0 Å². The van der Waals surface area contributed by atoms with E-state index < -0.39 is 34.8 Å². The highest BCUT2D eigenvalue weighted by Gasteiger charge is 2.35. The number of β-amino-alcohol motifs (C(OH)–C–C–N with tert-alkyl or cyclic N) is 1. The number of alkyl halides is 3.